The maximum absolute atomic E-state index is 12.6. The molecule has 1 unspecified atom stereocenters. The van der Waals surface area contributed by atoms with Crippen molar-refractivity contribution in [3.8, 4) is 0 Å². The van der Waals surface area contributed by atoms with E-state index in [1.807, 2.05) is 45.5 Å². The number of aryl methyl sites for hydroxylation is 1. The summed E-state index contributed by atoms with van der Waals surface area (Å²) in [4.78, 5) is 38.7. The summed E-state index contributed by atoms with van der Waals surface area (Å²) in [6, 6.07) is 0. The average molecular weight is 548 g/mol. The van der Waals surface area contributed by atoms with Crippen molar-refractivity contribution < 1.29 is 19.1 Å². The molecular weight excluding hydrogens is 494 g/mol. The fourth-order valence-electron chi connectivity index (χ4n) is 4.59. The van der Waals surface area contributed by atoms with Crippen molar-refractivity contribution in [1.29, 1.82) is 0 Å². The van der Waals surface area contributed by atoms with Crippen LogP contribution in [0, 0.1) is 22.2 Å². The minimum atomic E-state index is -0.323. The first-order valence-electron chi connectivity index (χ1n) is 14.4. The highest BCUT2D eigenvalue weighted by atomic mass is 16.5. The van der Waals surface area contributed by atoms with E-state index < -0.39 is 0 Å². The van der Waals surface area contributed by atoms with Crippen LogP contribution >= 0.6 is 0 Å². The van der Waals surface area contributed by atoms with Gasteiger partial charge in [0.1, 0.15) is 0 Å². The zero-order valence-electron chi connectivity index (χ0n) is 26.1. The number of likely N-dealkylation sites (tertiary alicyclic amines) is 1. The Morgan fingerprint density at radius 3 is 2.26 bits per heavy atom. The average Bonchev–Trinajstić information content (AvgIpc) is 3.38. The lowest BCUT2D eigenvalue weighted by Crippen LogP contribution is -2.40. The molecule has 1 aliphatic heterocycles. The number of ether oxygens (including phenoxy) is 1. The van der Waals surface area contributed by atoms with Gasteiger partial charge in [0.15, 0.2) is 0 Å². The van der Waals surface area contributed by atoms with E-state index in [2.05, 4.69) is 50.2 Å². The molecule has 0 radical (unpaired) electrons. The van der Waals surface area contributed by atoms with Crippen LogP contribution in [0.4, 0.5) is 0 Å². The SMILES string of the molecule is CC(C)(C)CCCCn1cc(C(C)(C)COCC(C)(C)CNC(=O)CCN2C(=O)CC(C(C)(C)C)C2=O)nn1. The second-order valence-electron chi connectivity index (χ2n) is 15.0. The highest BCUT2D eigenvalue weighted by Gasteiger charge is 2.44. The number of hydrogen-bond donors (Lipinski definition) is 1. The van der Waals surface area contributed by atoms with Crippen molar-refractivity contribution in [3.63, 3.8) is 0 Å². The van der Waals surface area contributed by atoms with Gasteiger partial charge in [0.25, 0.3) is 0 Å². The molecule has 0 aliphatic carbocycles. The first kappa shape index (κ1) is 32.9. The zero-order valence-corrected chi connectivity index (χ0v) is 26.1. The molecule has 1 aliphatic rings. The molecule has 1 aromatic rings. The first-order chi connectivity index (χ1) is 17.8. The third-order valence-electron chi connectivity index (χ3n) is 7.37. The van der Waals surface area contributed by atoms with Crippen LogP contribution in [-0.4, -0.2) is 63.9 Å². The van der Waals surface area contributed by atoms with E-state index in [9.17, 15) is 14.4 Å². The summed E-state index contributed by atoms with van der Waals surface area (Å²) in [7, 11) is 0. The van der Waals surface area contributed by atoms with Crippen LogP contribution in [0.3, 0.4) is 0 Å². The summed E-state index contributed by atoms with van der Waals surface area (Å²) < 4.78 is 8.00. The van der Waals surface area contributed by atoms with Gasteiger partial charge in [-0.05, 0) is 23.7 Å². The van der Waals surface area contributed by atoms with Crippen LogP contribution in [0.15, 0.2) is 6.20 Å². The maximum Gasteiger partial charge on any atom is 0.233 e. The van der Waals surface area contributed by atoms with Gasteiger partial charge in [-0.15, -0.1) is 5.10 Å². The standard InChI is InChI=1S/C30H53N5O4/c1-27(2,3)14-11-12-15-34-18-23(32-33-34)30(9,10)21-39-20-29(7,8)19-31-24(36)13-16-35-25(37)17-22(26(35)38)28(4,5)6/h18,22H,11-17,19-21H2,1-10H3,(H,31,36). The molecule has 0 spiro atoms. The minimum absolute atomic E-state index is 0.101. The van der Waals surface area contributed by atoms with Crippen LogP contribution in [0.5, 0.6) is 0 Å². The predicted molar refractivity (Wildman–Crippen MR) is 153 cm³/mol. The molecule has 0 saturated carbocycles. The van der Waals surface area contributed by atoms with Gasteiger partial charge in [-0.3, -0.25) is 24.0 Å². The smallest absolute Gasteiger partial charge is 0.233 e. The number of nitrogens with zero attached hydrogens (tertiary/aromatic N) is 4. The van der Waals surface area contributed by atoms with Crippen molar-refractivity contribution in [1.82, 2.24) is 25.2 Å². The Balaban J connectivity index is 1.73. The normalized spacial score (nSPS) is 17.3. The fraction of sp³-hybridized carbons (Fsp3) is 0.833. The third kappa shape index (κ3) is 10.7. The lowest BCUT2D eigenvalue weighted by atomic mass is 9.80. The second kappa shape index (κ2) is 12.9. The van der Waals surface area contributed by atoms with E-state index in [0.717, 1.165) is 18.7 Å². The zero-order chi connectivity index (χ0) is 29.6. The Labute approximate surface area is 235 Å². The molecule has 9 nitrogen and oxygen atoms in total. The van der Waals surface area contributed by atoms with Crippen molar-refractivity contribution in [2.24, 2.45) is 22.2 Å². The van der Waals surface area contributed by atoms with E-state index in [0.29, 0.717) is 25.2 Å². The number of carbonyl (C=O) groups is 3. The Bertz CT molecular complexity index is 984. The molecule has 1 N–H and O–H groups in total. The molecule has 222 valence electrons. The topological polar surface area (TPSA) is 106 Å². The Morgan fingerprint density at radius 2 is 1.67 bits per heavy atom. The van der Waals surface area contributed by atoms with E-state index in [1.165, 1.54) is 17.7 Å². The lowest BCUT2D eigenvalue weighted by Gasteiger charge is -2.28. The number of hydrogen-bond acceptors (Lipinski definition) is 6. The molecule has 1 aromatic heterocycles. The maximum atomic E-state index is 12.6. The van der Waals surface area contributed by atoms with Crippen molar-refractivity contribution in [2.45, 2.75) is 113 Å². The van der Waals surface area contributed by atoms with Gasteiger partial charge in [0, 0.05) is 49.5 Å². The number of nitrogens with one attached hydrogen (secondary N) is 1. The van der Waals surface area contributed by atoms with Crippen LogP contribution in [0.1, 0.15) is 107 Å². The summed E-state index contributed by atoms with van der Waals surface area (Å²) in [6.45, 7) is 23.3. The molecule has 39 heavy (non-hydrogen) atoms. The highest BCUT2D eigenvalue weighted by Crippen LogP contribution is 2.35. The van der Waals surface area contributed by atoms with E-state index >= 15 is 0 Å². The van der Waals surface area contributed by atoms with Gasteiger partial charge < -0.3 is 10.1 Å². The minimum Gasteiger partial charge on any atom is -0.380 e. The van der Waals surface area contributed by atoms with Crippen molar-refractivity contribution >= 4 is 17.7 Å². The fourth-order valence-corrected chi connectivity index (χ4v) is 4.59. The van der Waals surface area contributed by atoms with Gasteiger partial charge in [-0.2, -0.15) is 0 Å². The lowest BCUT2D eigenvalue weighted by molar-refractivity contribution is -0.140. The molecular formula is C30H53N5O4. The summed E-state index contributed by atoms with van der Waals surface area (Å²) in [5, 5.41) is 11.6. The van der Waals surface area contributed by atoms with Crippen LogP contribution in [-0.2, 0) is 31.1 Å². The van der Waals surface area contributed by atoms with Gasteiger partial charge in [0.05, 0.1) is 24.8 Å². The molecule has 0 bridgehead atoms. The molecule has 9 heteroatoms. The van der Waals surface area contributed by atoms with Gasteiger partial charge in [-0.25, -0.2) is 0 Å². The summed E-state index contributed by atoms with van der Waals surface area (Å²) in [6.07, 6.45) is 5.79. The molecule has 3 amide bonds. The van der Waals surface area contributed by atoms with Gasteiger partial charge in [-0.1, -0.05) is 80.9 Å². The first-order valence-corrected chi connectivity index (χ1v) is 14.4. The van der Waals surface area contributed by atoms with Crippen molar-refractivity contribution in [3.05, 3.63) is 11.9 Å². The summed E-state index contributed by atoms with van der Waals surface area (Å²) >= 11 is 0. The Morgan fingerprint density at radius 1 is 1.00 bits per heavy atom. The van der Waals surface area contributed by atoms with Crippen LogP contribution < -0.4 is 5.32 Å². The summed E-state index contributed by atoms with van der Waals surface area (Å²) in [5.41, 5.74) is 0.415. The number of rotatable bonds is 14. The summed E-state index contributed by atoms with van der Waals surface area (Å²) in [5.74, 6) is -0.861. The molecule has 1 atom stereocenters. The van der Waals surface area contributed by atoms with E-state index in [1.54, 1.807) is 0 Å². The van der Waals surface area contributed by atoms with Crippen LogP contribution in [0.2, 0.25) is 0 Å². The quantitative estimate of drug-likeness (QED) is 0.266. The number of unbranched alkanes of at least 4 members (excludes halogenated alkanes) is 1. The highest BCUT2D eigenvalue weighted by molar-refractivity contribution is 6.04. The Hall–Kier alpha value is -2.29. The molecule has 0 aromatic carbocycles. The number of aromatic nitrogens is 3. The molecule has 2 heterocycles. The molecule has 1 fully saturated rings. The predicted octanol–water partition coefficient (Wildman–Crippen LogP) is 4.74. The second-order valence-corrected chi connectivity index (χ2v) is 15.0. The monoisotopic (exact) mass is 547 g/mol. The van der Waals surface area contributed by atoms with Gasteiger partial charge in [0.2, 0.25) is 17.7 Å². The van der Waals surface area contributed by atoms with Gasteiger partial charge >= 0.3 is 0 Å². The Kier molecular flexibility index (Phi) is 10.9. The molecule has 2 rings (SSSR count). The number of amides is 3. The van der Waals surface area contributed by atoms with E-state index in [4.69, 9.17) is 4.74 Å². The molecule has 1 saturated heterocycles. The van der Waals surface area contributed by atoms with E-state index in [-0.39, 0.29) is 59.3 Å². The number of carbonyl (C=O) groups excluding carboxylic acids is 3. The number of imide groups is 1. The van der Waals surface area contributed by atoms with Crippen LogP contribution in [0.25, 0.3) is 0 Å². The van der Waals surface area contributed by atoms with Crippen molar-refractivity contribution in [2.75, 3.05) is 26.3 Å². The largest absolute Gasteiger partial charge is 0.380 e. The third-order valence-corrected chi connectivity index (χ3v) is 7.37.